The zero-order chi connectivity index (χ0) is 21.6. The van der Waals surface area contributed by atoms with Gasteiger partial charge in [0.25, 0.3) is 0 Å². The third-order valence-electron chi connectivity index (χ3n) is 6.33. The van der Waals surface area contributed by atoms with Crippen LogP contribution in [-0.2, 0) is 14.4 Å². The van der Waals surface area contributed by atoms with Crippen molar-refractivity contribution in [2.45, 2.75) is 24.7 Å². The van der Waals surface area contributed by atoms with Crippen LogP contribution in [0.5, 0.6) is 0 Å². The molecule has 154 valence electrons. The number of carbonyl (C=O) groups excluding carboxylic acids is 4. The summed E-state index contributed by atoms with van der Waals surface area (Å²) in [5.74, 6) is -2.44. The summed E-state index contributed by atoms with van der Waals surface area (Å²) in [6, 6.07) is 15.8. The van der Waals surface area contributed by atoms with Gasteiger partial charge in [-0.3, -0.25) is 24.2 Å². The highest BCUT2D eigenvalue weighted by Crippen LogP contribution is 2.57. The van der Waals surface area contributed by atoms with Crippen LogP contribution < -0.4 is 0 Å². The number of hydrogen-bond donors (Lipinski definition) is 0. The zero-order valence-corrected chi connectivity index (χ0v) is 18.3. The van der Waals surface area contributed by atoms with E-state index in [1.165, 1.54) is 14.1 Å². The third-order valence-corrected chi connectivity index (χ3v) is 6.86. The lowest BCUT2D eigenvalue weighted by atomic mass is 9.54. The van der Waals surface area contributed by atoms with Crippen LogP contribution in [0.4, 0.5) is 4.79 Å². The molecule has 1 aliphatic heterocycles. The van der Waals surface area contributed by atoms with Crippen LogP contribution in [0.1, 0.15) is 35.8 Å². The van der Waals surface area contributed by atoms with Gasteiger partial charge in [0, 0.05) is 43.2 Å². The number of urea groups is 1. The summed E-state index contributed by atoms with van der Waals surface area (Å²) in [4.78, 5) is 54.9. The van der Waals surface area contributed by atoms with E-state index in [1.807, 2.05) is 54.6 Å². The van der Waals surface area contributed by atoms with Gasteiger partial charge in [-0.25, -0.2) is 4.79 Å². The van der Waals surface area contributed by atoms with Gasteiger partial charge < -0.3 is 0 Å². The first-order valence-electron chi connectivity index (χ1n) is 9.70. The molecule has 4 rings (SSSR count). The van der Waals surface area contributed by atoms with Crippen LogP contribution in [0.2, 0.25) is 0 Å². The van der Waals surface area contributed by atoms with Crippen LogP contribution in [0.15, 0.2) is 59.1 Å². The van der Waals surface area contributed by atoms with E-state index in [9.17, 15) is 19.2 Å². The Kier molecular flexibility index (Phi) is 5.10. The fourth-order valence-corrected chi connectivity index (χ4v) is 5.15. The Morgan fingerprint density at radius 1 is 0.767 bits per heavy atom. The molecule has 1 spiro atoms. The van der Waals surface area contributed by atoms with Crippen molar-refractivity contribution in [1.82, 2.24) is 9.80 Å². The monoisotopic (exact) mass is 468 g/mol. The van der Waals surface area contributed by atoms with E-state index in [4.69, 9.17) is 0 Å². The number of imide groups is 2. The van der Waals surface area contributed by atoms with Crippen molar-refractivity contribution in [3.63, 3.8) is 0 Å². The predicted molar refractivity (Wildman–Crippen MR) is 114 cm³/mol. The number of barbiturate groups is 1. The molecule has 1 aliphatic carbocycles. The molecule has 4 amide bonds. The topological polar surface area (TPSA) is 74.8 Å². The highest BCUT2D eigenvalue weighted by atomic mass is 79.9. The van der Waals surface area contributed by atoms with Crippen LogP contribution >= 0.6 is 15.9 Å². The first-order valence-corrected chi connectivity index (χ1v) is 10.5. The molecule has 1 saturated carbocycles. The molecule has 0 N–H and O–H groups in total. The van der Waals surface area contributed by atoms with Crippen LogP contribution in [0.3, 0.4) is 0 Å². The van der Waals surface area contributed by atoms with Crippen LogP contribution in [-0.4, -0.2) is 47.5 Å². The molecule has 2 aromatic carbocycles. The smallest absolute Gasteiger partial charge is 0.300 e. The van der Waals surface area contributed by atoms with Gasteiger partial charge in [-0.1, -0.05) is 58.4 Å². The number of ketones is 1. The van der Waals surface area contributed by atoms with E-state index < -0.39 is 35.1 Å². The lowest BCUT2D eigenvalue weighted by Gasteiger charge is -2.51. The molecule has 0 unspecified atom stereocenters. The van der Waals surface area contributed by atoms with Crippen molar-refractivity contribution in [1.29, 1.82) is 0 Å². The molecule has 1 saturated heterocycles. The normalized spacial score (nSPS) is 24.0. The number of nitrogens with zero attached hydrogens (tertiary/aromatic N) is 2. The van der Waals surface area contributed by atoms with Gasteiger partial charge in [0.1, 0.15) is 11.2 Å². The first-order chi connectivity index (χ1) is 14.3. The fraction of sp³-hybridized carbons (Fsp3) is 0.304. The molecule has 2 aliphatic rings. The standard InChI is InChI=1S/C23H21BrN2O4/c1-25-20(28)23(21(29)26(2)22(25)30)18(14-6-4-3-5-7-14)12-17(27)13-19(23)15-8-10-16(24)11-9-15/h3-11,18-19H,12-13H2,1-2H3/t18-,19+/m1/s1. The lowest BCUT2D eigenvalue weighted by Crippen LogP contribution is -2.68. The fourth-order valence-electron chi connectivity index (χ4n) is 4.89. The summed E-state index contributed by atoms with van der Waals surface area (Å²) in [5.41, 5.74) is -0.101. The maximum absolute atomic E-state index is 13.7. The van der Waals surface area contributed by atoms with E-state index in [0.29, 0.717) is 0 Å². The Balaban J connectivity index is 2.00. The summed E-state index contributed by atoms with van der Waals surface area (Å²) < 4.78 is 0.854. The van der Waals surface area contributed by atoms with Gasteiger partial charge in [0.15, 0.2) is 0 Å². The molecule has 1 heterocycles. The maximum atomic E-state index is 13.7. The van der Waals surface area contributed by atoms with Crippen LogP contribution in [0.25, 0.3) is 0 Å². The summed E-state index contributed by atoms with van der Waals surface area (Å²) in [6.45, 7) is 0. The maximum Gasteiger partial charge on any atom is 0.332 e. The molecule has 2 fully saturated rings. The Labute approximate surface area is 183 Å². The van der Waals surface area contributed by atoms with E-state index in [0.717, 1.165) is 25.4 Å². The quantitative estimate of drug-likeness (QED) is 0.629. The van der Waals surface area contributed by atoms with Gasteiger partial charge in [0.05, 0.1) is 0 Å². The van der Waals surface area contributed by atoms with Gasteiger partial charge in [0.2, 0.25) is 11.8 Å². The summed E-state index contributed by atoms with van der Waals surface area (Å²) in [7, 11) is 2.79. The minimum Gasteiger partial charge on any atom is -0.300 e. The largest absolute Gasteiger partial charge is 0.332 e. The highest BCUT2D eigenvalue weighted by molar-refractivity contribution is 9.10. The van der Waals surface area contributed by atoms with Gasteiger partial charge >= 0.3 is 6.03 Å². The Morgan fingerprint density at radius 2 is 1.23 bits per heavy atom. The Hall–Kier alpha value is -2.80. The van der Waals surface area contributed by atoms with Crippen molar-refractivity contribution in [2.75, 3.05) is 14.1 Å². The van der Waals surface area contributed by atoms with Crippen molar-refractivity contribution in [2.24, 2.45) is 5.41 Å². The van der Waals surface area contributed by atoms with Gasteiger partial charge in [-0.15, -0.1) is 0 Å². The van der Waals surface area contributed by atoms with Crippen molar-refractivity contribution in [3.05, 3.63) is 70.2 Å². The predicted octanol–water partition coefficient (Wildman–Crippen LogP) is 3.72. The summed E-state index contributed by atoms with van der Waals surface area (Å²) >= 11 is 3.41. The van der Waals surface area contributed by atoms with Gasteiger partial charge in [-0.2, -0.15) is 0 Å². The SMILES string of the molecule is CN1C(=O)N(C)C(=O)C2(C1=O)[C@@H](c1ccccc1)CC(=O)C[C@H]2c1ccc(Br)cc1. The van der Waals surface area contributed by atoms with Crippen molar-refractivity contribution in [3.8, 4) is 0 Å². The Morgan fingerprint density at radius 3 is 1.73 bits per heavy atom. The number of Topliss-reactive ketones (excluding diaryl/α,β-unsaturated/α-hetero) is 1. The van der Waals surface area contributed by atoms with E-state index in [1.54, 1.807) is 0 Å². The molecule has 0 bridgehead atoms. The molecule has 2 atom stereocenters. The number of benzene rings is 2. The molecule has 7 heteroatoms. The summed E-state index contributed by atoms with van der Waals surface area (Å²) in [5, 5.41) is 0. The summed E-state index contributed by atoms with van der Waals surface area (Å²) in [6.07, 6.45) is 0.142. The van der Waals surface area contributed by atoms with E-state index in [-0.39, 0.29) is 18.6 Å². The molecular weight excluding hydrogens is 448 g/mol. The second kappa shape index (κ2) is 7.47. The van der Waals surface area contributed by atoms with Crippen LogP contribution in [0, 0.1) is 5.41 Å². The minimum atomic E-state index is -1.57. The number of carbonyl (C=O) groups is 4. The second-order valence-electron chi connectivity index (χ2n) is 7.89. The van der Waals surface area contributed by atoms with Crippen molar-refractivity contribution < 1.29 is 19.2 Å². The molecule has 6 nitrogen and oxygen atoms in total. The molecule has 0 aromatic heterocycles. The molecular formula is C23H21BrN2O4. The molecule has 2 aromatic rings. The number of rotatable bonds is 2. The van der Waals surface area contributed by atoms with Crippen molar-refractivity contribution >= 4 is 39.6 Å². The number of hydrogen-bond acceptors (Lipinski definition) is 4. The number of halogens is 1. The van der Waals surface area contributed by atoms with E-state index >= 15 is 0 Å². The third kappa shape index (κ3) is 2.91. The zero-order valence-electron chi connectivity index (χ0n) is 16.7. The average molecular weight is 469 g/mol. The second-order valence-corrected chi connectivity index (χ2v) is 8.81. The molecule has 30 heavy (non-hydrogen) atoms. The van der Waals surface area contributed by atoms with E-state index in [2.05, 4.69) is 15.9 Å². The highest BCUT2D eigenvalue weighted by Gasteiger charge is 2.66. The number of amides is 4. The molecule has 0 radical (unpaired) electrons. The van der Waals surface area contributed by atoms with Gasteiger partial charge in [-0.05, 0) is 23.3 Å². The lowest BCUT2D eigenvalue weighted by molar-refractivity contribution is -0.163. The average Bonchev–Trinajstić information content (AvgIpc) is 2.76. The minimum absolute atomic E-state index is 0.00907. The first kappa shape index (κ1) is 20.5. The Bertz CT molecular complexity index is 1010.